The molecule has 0 bridgehead atoms. The number of fused-ring (bicyclic) bond motifs is 1. The monoisotopic (exact) mass is 540 g/mol. The largest absolute Gasteiger partial charge is 0.464 e. The van der Waals surface area contributed by atoms with Gasteiger partial charge >= 0.3 is 23.9 Å². The first-order valence-electron chi connectivity index (χ1n) is 12.0. The average molecular weight is 541 g/mol. The van der Waals surface area contributed by atoms with E-state index in [0.717, 1.165) is 6.92 Å². The van der Waals surface area contributed by atoms with Gasteiger partial charge < -0.3 is 33.2 Å². The third kappa shape index (κ3) is 6.08. The number of carbonyl (C=O) groups is 4. The highest BCUT2D eigenvalue weighted by Gasteiger charge is 2.73. The van der Waals surface area contributed by atoms with Gasteiger partial charge in [0, 0.05) is 25.3 Å². The molecule has 1 unspecified atom stereocenters. The molecule has 0 aliphatic carbocycles. The summed E-state index contributed by atoms with van der Waals surface area (Å²) in [5, 5.41) is -1.00. The maximum Gasteiger partial charge on any atom is 0.351 e. The summed E-state index contributed by atoms with van der Waals surface area (Å²) in [6.07, 6.45) is -5.87. The molecule has 3 rings (SSSR count). The van der Waals surface area contributed by atoms with Crippen molar-refractivity contribution in [2.24, 2.45) is 0 Å². The van der Waals surface area contributed by atoms with Gasteiger partial charge in [0.05, 0.1) is 18.5 Å². The van der Waals surface area contributed by atoms with Crippen LogP contribution in [0.25, 0.3) is 0 Å². The van der Waals surface area contributed by atoms with E-state index < -0.39 is 65.4 Å². The van der Waals surface area contributed by atoms with Crippen molar-refractivity contribution in [3.05, 3.63) is 30.3 Å². The molecule has 2 heterocycles. The van der Waals surface area contributed by atoms with Gasteiger partial charge in [-0.15, -0.1) is 11.8 Å². The molecule has 11 nitrogen and oxygen atoms in total. The fourth-order valence-electron chi connectivity index (χ4n) is 4.40. The molecular formula is C25H32O11S. The topological polar surface area (TPSA) is 133 Å². The predicted octanol–water partition coefficient (Wildman–Crippen LogP) is 2.04. The van der Waals surface area contributed by atoms with Crippen molar-refractivity contribution >= 4 is 35.6 Å². The average Bonchev–Trinajstić information content (AvgIpc) is 3.33. The summed E-state index contributed by atoms with van der Waals surface area (Å²) in [7, 11) is 0. The number of hydrogen-bond acceptors (Lipinski definition) is 12. The van der Waals surface area contributed by atoms with Crippen molar-refractivity contribution in [3.63, 3.8) is 0 Å². The Morgan fingerprint density at radius 1 is 0.946 bits per heavy atom. The summed E-state index contributed by atoms with van der Waals surface area (Å²) in [6, 6.07) is 9.04. The van der Waals surface area contributed by atoms with E-state index >= 15 is 0 Å². The second-order valence-corrected chi connectivity index (χ2v) is 9.40. The summed E-state index contributed by atoms with van der Waals surface area (Å²) in [6.45, 7) is 7.40. The normalized spacial score (nSPS) is 29.2. The fraction of sp³-hybridized carbons (Fsp3) is 0.600. The van der Waals surface area contributed by atoms with Gasteiger partial charge in [0.25, 0.3) is 0 Å². The van der Waals surface area contributed by atoms with Gasteiger partial charge in [-0.25, -0.2) is 9.59 Å². The Kier molecular flexibility index (Phi) is 9.93. The summed E-state index contributed by atoms with van der Waals surface area (Å²) < 4.78 is 39.6. The van der Waals surface area contributed by atoms with Crippen LogP contribution >= 0.6 is 11.8 Å². The van der Waals surface area contributed by atoms with Crippen molar-refractivity contribution in [2.75, 3.05) is 19.8 Å². The molecule has 0 saturated carbocycles. The summed E-state index contributed by atoms with van der Waals surface area (Å²) in [5.74, 6) is -3.40. The lowest BCUT2D eigenvalue weighted by molar-refractivity contribution is -0.220. The molecule has 2 aliphatic rings. The van der Waals surface area contributed by atoms with Gasteiger partial charge in [-0.1, -0.05) is 18.2 Å². The zero-order valence-electron chi connectivity index (χ0n) is 21.4. The van der Waals surface area contributed by atoms with E-state index in [9.17, 15) is 19.2 Å². The van der Waals surface area contributed by atoms with Crippen LogP contribution in [0.15, 0.2) is 35.2 Å². The first-order valence-corrected chi connectivity index (χ1v) is 12.9. The van der Waals surface area contributed by atoms with Crippen molar-refractivity contribution in [3.8, 4) is 0 Å². The first-order chi connectivity index (χ1) is 17.7. The minimum absolute atomic E-state index is 0.0438. The Hall–Kier alpha value is -2.67. The Bertz CT molecular complexity index is 971. The number of benzene rings is 1. The number of rotatable bonds is 11. The Balaban J connectivity index is 2.19. The maximum absolute atomic E-state index is 13.7. The molecule has 2 aliphatic heterocycles. The van der Waals surface area contributed by atoms with Crippen LogP contribution in [0.4, 0.5) is 0 Å². The van der Waals surface area contributed by atoms with Crippen LogP contribution in [0, 0.1) is 0 Å². The third-order valence-electron chi connectivity index (χ3n) is 5.67. The van der Waals surface area contributed by atoms with E-state index in [2.05, 4.69) is 0 Å². The summed E-state index contributed by atoms with van der Waals surface area (Å²) in [4.78, 5) is 51.7. The molecule has 2 saturated heterocycles. The number of thioether (sulfide) groups is 1. The van der Waals surface area contributed by atoms with Crippen LogP contribution < -0.4 is 0 Å². The van der Waals surface area contributed by atoms with Crippen molar-refractivity contribution in [1.82, 2.24) is 0 Å². The summed E-state index contributed by atoms with van der Waals surface area (Å²) in [5.41, 5.74) is -2.20. The molecule has 2 fully saturated rings. The van der Waals surface area contributed by atoms with Crippen molar-refractivity contribution < 1.29 is 52.3 Å². The first kappa shape index (κ1) is 28.9. The zero-order valence-corrected chi connectivity index (χ0v) is 22.2. The fourth-order valence-corrected chi connectivity index (χ4v) is 5.81. The zero-order chi connectivity index (χ0) is 27.2. The highest BCUT2D eigenvalue weighted by molar-refractivity contribution is 8.00. The van der Waals surface area contributed by atoms with Gasteiger partial charge in [0.2, 0.25) is 11.7 Å². The third-order valence-corrected chi connectivity index (χ3v) is 7.08. The molecule has 0 N–H and O–H groups in total. The maximum atomic E-state index is 13.7. The van der Waals surface area contributed by atoms with Crippen LogP contribution in [0.2, 0.25) is 0 Å². The minimum Gasteiger partial charge on any atom is -0.464 e. The Labute approximate surface area is 219 Å². The smallest absolute Gasteiger partial charge is 0.351 e. The van der Waals surface area contributed by atoms with Crippen LogP contribution in [0.3, 0.4) is 0 Å². The molecule has 0 aromatic heterocycles. The number of esters is 4. The lowest BCUT2D eigenvalue weighted by Crippen LogP contribution is -2.62. The van der Waals surface area contributed by atoms with Gasteiger partial charge in [-0.3, -0.25) is 9.59 Å². The lowest BCUT2D eigenvalue weighted by Gasteiger charge is -2.38. The molecule has 0 radical (unpaired) electrons. The van der Waals surface area contributed by atoms with Crippen molar-refractivity contribution in [1.29, 1.82) is 0 Å². The van der Waals surface area contributed by atoms with E-state index in [0.29, 0.717) is 4.90 Å². The van der Waals surface area contributed by atoms with E-state index in [1.807, 2.05) is 6.07 Å². The molecular weight excluding hydrogens is 508 g/mol. The molecule has 1 aromatic carbocycles. The number of carbonyl (C=O) groups excluding carboxylic acids is 4. The van der Waals surface area contributed by atoms with E-state index in [4.69, 9.17) is 33.2 Å². The molecule has 7 atom stereocenters. The van der Waals surface area contributed by atoms with E-state index in [1.54, 1.807) is 45.0 Å². The second-order valence-electron chi connectivity index (χ2n) is 8.19. The van der Waals surface area contributed by atoms with E-state index in [-0.39, 0.29) is 19.8 Å². The molecule has 12 heteroatoms. The SMILES string of the molecule is CCOC(=O)[C@H](OC(C)=O)[C@@]1(C(=O)OCC)O[C@H]2[C@@H](OC(C)=O)[C@H](OCC)O[C@H]2C1Sc1ccccc1. The van der Waals surface area contributed by atoms with Gasteiger partial charge in [0.1, 0.15) is 12.2 Å². The Morgan fingerprint density at radius 2 is 1.62 bits per heavy atom. The number of ether oxygens (including phenoxy) is 7. The predicted molar refractivity (Wildman–Crippen MR) is 128 cm³/mol. The standard InChI is InChI=1S/C25H32O11S/c1-6-30-22(28)20(34-15(5)27)25(24(29)32-8-3)21(37-16-12-10-9-11-13-16)18-17(36-25)19(33-14(4)26)23(35-18)31-7-2/h9-13,17-21,23H,6-8H2,1-5H3/t17-,18-,19-,20+,21?,23-,25-/m1/s1. The lowest BCUT2D eigenvalue weighted by atomic mass is 9.90. The van der Waals surface area contributed by atoms with Crippen LogP contribution in [0.5, 0.6) is 0 Å². The highest BCUT2D eigenvalue weighted by atomic mass is 32.2. The second kappa shape index (κ2) is 12.7. The van der Waals surface area contributed by atoms with Crippen molar-refractivity contribution in [2.45, 2.75) is 81.1 Å². The van der Waals surface area contributed by atoms with Gasteiger partial charge in [0.15, 0.2) is 12.4 Å². The highest BCUT2D eigenvalue weighted by Crippen LogP contribution is 2.51. The molecule has 1 aromatic rings. The van der Waals surface area contributed by atoms with Crippen LogP contribution in [-0.2, 0) is 52.3 Å². The molecule has 0 amide bonds. The molecule has 37 heavy (non-hydrogen) atoms. The quantitative estimate of drug-likeness (QED) is 0.300. The molecule has 204 valence electrons. The summed E-state index contributed by atoms with van der Waals surface area (Å²) >= 11 is 1.17. The number of hydrogen-bond donors (Lipinski definition) is 0. The minimum atomic E-state index is -2.20. The van der Waals surface area contributed by atoms with Gasteiger partial charge in [-0.2, -0.15) is 0 Å². The van der Waals surface area contributed by atoms with Crippen LogP contribution in [-0.4, -0.2) is 85.3 Å². The van der Waals surface area contributed by atoms with Gasteiger partial charge in [-0.05, 0) is 32.9 Å². The van der Waals surface area contributed by atoms with E-state index in [1.165, 1.54) is 18.7 Å². The van der Waals surface area contributed by atoms with Crippen LogP contribution in [0.1, 0.15) is 34.6 Å². The molecule has 0 spiro atoms. The Morgan fingerprint density at radius 3 is 2.19 bits per heavy atom.